The zero-order valence-corrected chi connectivity index (χ0v) is 16.7. The van der Waals surface area contributed by atoms with Gasteiger partial charge in [-0.2, -0.15) is 0 Å². The third-order valence-corrected chi connectivity index (χ3v) is 5.37. The van der Waals surface area contributed by atoms with E-state index in [1.807, 2.05) is 19.9 Å². The molecule has 0 spiro atoms. The van der Waals surface area contributed by atoms with Crippen molar-refractivity contribution in [2.24, 2.45) is 0 Å². The first-order valence-electron chi connectivity index (χ1n) is 8.65. The normalized spacial score (nSPS) is 13.3. The standard InChI is InChI=1S/C19H35O3P/c1-7-21-23(20,22-8-2)16-15-19(6)14-10-13-18(5)12-9-11-17(3)4/h11,13,15H,7-10,12,14,16H2,1-6H3/b18-13+,19-15+. The summed E-state index contributed by atoms with van der Waals surface area (Å²) in [5.74, 6) is 0. The van der Waals surface area contributed by atoms with Crippen LogP contribution in [0.25, 0.3) is 0 Å². The molecule has 0 aliphatic carbocycles. The minimum atomic E-state index is -2.95. The average Bonchev–Trinajstić information content (AvgIpc) is 2.45. The molecular formula is C19H35O3P. The van der Waals surface area contributed by atoms with Gasteiger partial charge in [0.15, 0.2) is 0 Å². The second-order valence-electron chi connectivity index (χ2n) is 6.09. The highest BCUT2D eigenvalue weighted by atomic mass is 31.2. The van der Waals surface area contributed by atoms with Gasteiger partial charge in [0, 0.05) is 0 Å². The molecule has 0 bridgehead atoms. The van der Waals surface area contributed by atoms with Crippen LogP contribution >= 0.6 is 7.60 Å². The number of hydrogen-bond donors (Lipinski definition) is 0. The van der Waals surface area contributed by atoms with Crippen molar-refractivity contribution >= 4 is 7.60 Å². The van der Waals surface area contributed by atoms with Crippen LogP contribution in [0.5, 0.6) is 0 Å². The highest BCUT2D eigenvalue weighted by molar-refractivity contribution is 7.54. The third kappa shape index (κ3) is 12.5. The summed E-state index contributed by atoms with van der Waals surface area (Å²) in [6, 6.07) is 0. The molecule has 0 saturated heterocycles. The van der Waals surface area contributed by atoms with Crippen LogP contribution in [0.4, 0.5) is 0 Å². The minimum absolute atomic E-state index is 0.365. The van der Waals surface area contributed by atoms with E-state index < -0.39 is 7.60 Å². The Bertz CT molecular complexity index is 447. The van der Waals surface area contributed by atoms with Crippen LogP contribution in [0.15, 0.2) is 34.9 Å². The summed E-state index contributed by atoms with van der Waals surface area (Å²) in [4.78, 5) is 0. The topological polar surface area (TPSA) is 35.5 Å². The lowest BCUT2D eigenvalue weighted by Crippen LogP contribution is -1.99. The smallest absolute Gasteiger partial charge is 0.309 e. The first kappa shape index (κ1) is 22.4. The summed E-state index contributed by atoms with van der Waals surface area (Å²) in [5, 5.41) is 0. The fourth-order valence-electron chi connectivity index (χ4n) is 2.14. The van der Waals surface area contributed by atoms with Gasteiger partial charge in [-0.25, -0.2) is 0 Å². The highest BCUT2D eigenvalue weighted by Gasteiger charge is 2.21. The fourth-order valence-corrected chi connectivity index (χ4v) is 3.75. The first-order valence-corrected chi connectivity index (χ1v) is 10.4. The molecule has 0 aromatic heterocycles. The quantitative estimate of drug-likeness (QED) is 0.293. The Morgan fingerprint density at radius 1 is 0.826 bits per heavy atom. The molecule has 0 unspecified atom stereocenters. The minimum Gasteiger partial charge on any atom is -0.309 e. The summed E-state index contributed by atoms with van der Waals surface area (Å²) in [7, 11) is -2.95. The van der Waals surface area contributed by atoms with E-state index in [2.05, 4.69) is 39.8 Å². The van der Waals surface area contributed by atoms with Gasteiger partial charge in [0.2, 0.25) is 0 Å². The van der Waals surface area contributed by atoms with Crippen LogP contribution in [0, 0.1) is 0 Å². The molecule has 0 rings (SSSR count). The Balaban J connectivity index is 4.29. The Labute approximate surface area is 143 Å². The van der Waals surface area contributed by atoms with Gasteiger partial charge in [-0.05, 0) is 67.2 Å². The van der Waals surface area contributed by atoms with Gasteiger partial charge in [0.1, 0.15) is 0 Å². The second-order valence-corrected chi connectivity index (χ2v) is 8.19. The average molecular weight is 342 g/mol. The van der Waals surface area contributed by atoms with Crippen molar-refractivity contribution in [2.75, 3.05) is 19.4 Å². The van der Waals surface area contributed by atoms with Crippen molar-refractivity contribution in [3.8, 4) is 0 Å². The Morgan fingerprint density at radius 2 is 1.30 bits per heavy atom. The molecule has 134 valence electrons. The molecular weight excluding hydrogens is 307 g/mol. The van der Waals surface area contributed by atoms with E-state index in [1.54, 1.807) is 0 Å². The van der Waals surface area contributed by atoms with Crippen LogP contribution in [0.1, 0.15) is 67.2 Å². The maximum Gasteiger partial charge on any atom is 0.334 e. The molecule has 0 aromatic carbocycles. The molecule has 0 saturated carbocycles. The Hall–Kier alpha value is -0.630. The van der Waals surface area contributed by atoms with E-state index in [9.17, 15) is 4.57 Å². The van der Waals surface area contributed by atoms with E-state index in [0.29, 0.717) is 19.4 Å². The maximum atomic E-state index is 12.4. The Kier molecular flexibility index (Phi) is 12.4. The van der Waals surface area contributed by atoms with Gasteiger partial charge in [0.05, 0.1) is 19.4 Å². The van der Waals surface area contributed by atoms with Crippen LogP contribution in [-0.4, -0.2) is 19.4 Å². The largest absolute Gasteiger partial charge is 0.334 e. The van der Waals surface area contributed by atoms with Crippen molar-refractivity contribution in [1.29, 1.82) is 0 Å². The van der Waals surface area contributed by atoms with Crippen molar-refractivity contribution in [3.63, 3.8) is 0 Å². The summed E-state index contributed by atoms with van der Waals surface area (Å²) >= 11 is 0. The first-order chi connectivity index (χ1) is 10.8. The molecule has 0 radical (unpaired) electrons. The van der Waals surface area contributed by atoms with Gasteiger partial charge >= 0.3 is 7.60 Å². The lowest BCUT2D eigenvalue weighted by molar-refractivity contribution is 0.222. The second kappa shape index (κ2) is 12.8. The molecule has 0 aliphatic rings. The molecule has 0 N–H and O–H groups in total. The van der Waals surface area contributed by atoms with Crippen molar-refractivity contribution in [3.05, 3.63) is 34.9 Å². The molecule has 0 amide bonds. The highest BCUT2D eigenvalue weighted by Crippen LogP contribution is 2.48. The predicted octanol–water partition coefficient (Wildman–Crippen LogP) is 6.67. The summed E-state index contributed by atoms with van der Waals surface area (Å²) in [5.41, 5.74) is 4.05. The third-order valence-electron chi connectivity index (χ3n) is 3.44. The van der Waals surface area contributed by atoms with Crippen LogP contribution in [0.3, 0.4) is 0 Å². The summed E-state index contributed by atoms with van der Waals surface area (Å²) in [6.45, 7) is 13.0. The number of hydrogen-bond acceptors (Lipinski definition) is 3. The van der Waals surface area contributed by atoms with E-state index in [4.69, 9.17) is 9.05 Å². The van der Waals surface area contributed by atoms with Gasteiger partial charge < -0.3 is 9.05 Å². The summed E-state index contributed by atoms with van der Waals surface area (Å²) in [6.07, 6.45) is 11.2. The van der Waals surface area contributed by atoms with Crippen LogP contribution in [-0.2, 0) is 13.6 Å². The van der Waals surface area contributed by atoms with Gasteiger partial charge in [-0.15, -0.1) is 0 Å². The van der Waals surface area contributed by atoms with Crippen molar-refractivity contribution in [2.45, 2.75) is 67.2 Å². The monoisotopic (exact) mass is 342 g/mol. The van der Waals surface area contributed by atoms with Crippen molar-refractivity contribution in [1.82, 2.24) is 0 Å². The zero-order valence-electron chi connectivity index (χ0n) is 15.9. The molecule has 0 aromatic rings. The van der Waals surface area contributed by atoms with Gasteiger partial charge in [-0.3, -0.25) is 4.57 Å². The lowest BCUT2D eigenvalue weighted by Gasteiger charge is -2.15. The van der Waals surface area contributed by atoms with E-state index >= 15 is 0 Å². The predicted molar refractivity (Wildman–Crippen MR) is 101 cm³/mol. The SMILES string of the molecule is CCOP(=O)(C/C=C(\C)CC/C=C(\C)CCC=C(C)C)OCC. The van der Waals surface area contributed by atoms with E-state index in [0.717, 1.165) is 25.7 Å². The molecule has 3 nitrogen and oxygen atoms in total. The van der Waals surface area contributed by atoms with E-state index in [-0.39, 0.29) is 0 Å². The van der Waals surface area contributed by atoms with Crippen molar-refractivity contribution < 1.29 is 13.6 Å². The molecule has 0 aliphatic heterocycles. The maximum absolute atomic E-state index is 12.4. The number of rotatable bonds is 12. The number of allylic oxidation sites excluding steroid dienone is 6. The van der Waals surface area contributed by atoms with Gasteiger partial charge in [-0.1, -0.05) is 34.9 Å². The lowest BCUT2D eigenvalue weighted by atomic mass is 10.1. The molecule has 0 heterocycles. The van der Waals surface area contributed by atoms with Gasteiger partial charge in [0.25, 0.3) is 0 Å². The molecule has 0 atom stereocenters. The van der Waals surface area contributed by atoms with Crippen LogP contribution < -0.4 is 0 Å². The molecule has 0 fully saturated rings. The van der Waals surface area contributed by atoms with Crippen LogP contribution in [0.2, 0.25) is 0 Å². The zero-order chi connectivity index (χ0) is 17.7. The molecule has 4 heteroatoms. The van der Waals surface area contributed by atoms with E-state index in [1.165, 1.54) is 16.7 Å². The Morgan fingerprint density at radius 3 is 1.78 bits per heavy atom. The fraction of sp³-hybridized carbons (Fsp3) is 0.684. The summed E-state index contributed by atoms with van der Waals surface area (Å²) < 4.78 is 23.0. The molecule has 23 heavy (non-hydrogen) atoms.